The Kier molecular flexibility index (Phi) is 3.89. The maximum absolute atomic E-state index is 12.4. The van der Waals surface area contributed by atoms with E-state index in [2.05, 4.69) is 5.32 Å². The molecule has 2 aromatic rings. The van der Waals surface area contributed by atoms with Gasteiger partial charge < -0.3 is 5.32 Å². The lowest BCUT2D eigenvalue weighted by Crippen LogP contribution is -2.33. The maximum Gasteiger partial charge on any atom is 0.251 e. The Bertz CT molecular complexity index is 913. The molecule has 1 aliphatic heterocycles. The van der Waals surface area contributed by atoms with Gasteiger partial charge >= 0.3 is 0 Å². The van der Waals surface area contributed by atoms with Crippen molar-refractivity contribution in [3.8, 4) is 6.07 Å². The van der Waals surface area contributed by atoms with Crippen molar-refractivity contribution < 1.29 is 13.2 Å². The van der Waals surface area contributed by atoms with E-state index < -0.39 is 9.84 Å². The SMILES string of the molecule is N#Cc1cccc(C(=O)NC2CCS(=O)(=O)c3ccccc32)c1. The normalized spacial score (nSPS) is 18.5. The number of carbonyl (C=O) groups excluding carboxylic acids is 1. The van der Waals surface area contributed by atoms with Crippen LogP contribution in [0.3, 0.4) is 0 Å². The second kappa shape index (κ2) is 5.86. The van der Waals surface area contributed by atoms with Crippen LogP contribution in [-0.2, 0) is 9.84 Å². The summed E-state index contributed by atoms with van der Waals surface area (Å²) < 4.78 is 24.2. The molecule has 1 amide bonds. The Hall–Kier alpha value is -2.65. The number of benzene rings is 2. The molecule has 1 atom stereocenters. The Balaban J connectivity index is 1.89. The van der Waals surface area contributed by atoms with Crippen molar-refractivity contribution in [2.75, 3.05) is 5.75 Å². The zero-order chi connectivity index (χ0) is 16.4. The summed E-state index contributed by atoms with van der Waals surface area (Å²) in [5.41, 5.74) is 1.41. The van der Waals surface area contributed by atoms with E-state index in [9.17, 15) is 13.2 Å². The number of hydrogen-bond acceptors (Lipinski definition) is 4. The van der Waals surface area contributed by atoms with E-state index in [0.717, 1.165) is 0 Å². The van der Waals surface area contributed by atoms with Crippen molar-refractivity contribution in [2.24, 2.45) is 0 Å². The molecule has 116 valence electrons. The molecule has 2 aromatic carbocycles. The second-order valence-corrected chi connectivity index (χ2v) is 7.44. The number of rotatable bonds is 2. The Labute approximate surface area is 134 Å². The smallest absolute Gasteiger partial charge is 0.251 e. The van der Waals surface area contributed by atoms with Gasteiger partial charge in [0, 0.05) is 5.56 Å². The van der Waals surface area contributed by atoms with Crippen molar-refractivity contribution in [1.29, 1.82) is 5.26 Å². The third-order valence-electron chi connectivity index (χ3n) is 3.86. The minimum absolute atomic E-state index is 0.00714. The van der Waals surface area contributed by atoms with E-state index >= 15 is 0 Å². The van der Waals surface area contributed by atoms with Gasteiger partial charge in [0.2, 0.25) is 0 Å². The predicted molar refractivity (Wildman–Crippen MR) is 84.5 cm³/mol. The van der Waals surface area contributed by atoms with Gasteiger partial charge in [-0.05, 0) is 36.2 Å². The molecule has 0 bridgehead atoms. The molecule has 23 heavy (non-hydrogen) atoms. The Morgan fingerprint density at radius 1 is 1.17 bits per heavy atom. The lowest BCUT2D eigenvalue weighted by molar-refractivity contribution is 0.0934. The molecule has 1 heterocycles. The summed E-state index contributed by atoms with van der Waals surface area (Å²) in [4.78, 5) is 12.7. The van der Waals surface area contributed by atoms with Crippen LogP contribution in [0.25, 0.3) is 0 Å². The number of carbonyl (C=O) groups is 1. The van der Waals surface area contributed by atoms with Gasteiger partial charge in [0.15, 0.2) is 9.84 Å². The Morgan fingerprint density at radius 3 is 2.74 bits per heavy atom. The summed E-state index contributed by atoms with van der Waals surface area (Å²) in [5, 5.41) is 11.8. The van der Waals surface area contributed by atoms with Crippen molar-refractivity contribution >= 4 is 15.7 Å². The van der Waals surface area contributed by atoms with Crippen LogP contribution in [0.15, 0.2) is 53.4 Å². The first kappa shape index (κ1) is 15.3. The van der Waals surface area contributed by atoms with Crippen molar-refractivity contribution in [3.63, 3.8) is 0 Å². The zero-order valence-corrected chi connectivity index (χ0v) is 13.0. The maximum atomic E-state index is 12.4. The van der Waals surface area contributed by atoms with Gasteiger partial charge in [-0.1, -0.05) is 24.3 Å². The number of fused-ring (bicyclic) bond motifs is 1. The molecule has 0 fully saturated rings. The van der Waals surface area contributed by atoms with E-state index in [0.29, 0.717) is 23.1 Å². The lowest BCUT2D eigenvalue weighted by atomic mass is 10.0. The highest BCUT2D eigenvalue weighted by Gasteiger charge is 2.30. The fraction of sp³-hybridized carbons (Fsp3) is 0.176. The second-order valence-electron chi connectivity index (χ2n) is 5.36. The first-order chi connectivity index (χ1) is 11.0. The molecule has 6 heteroatoms. The molecule has 0 aromatic heterocycles. The molecular weight excluding hydrogens is 312 g/mol. The molecule has 5 nitrogen and oxygen atoms in total. The lowest BCUT2D eigenvalue weighted by Gasteiger charge is -2.26. The quantitative estimate of drug-likeness (QED) is 0.916. The van der Waals surface area contributed by atoms with Crippen LogP contribution < -0.4 is 5.32 Å². The van der Waals surface area contributed by atoms with Crippen molar-refractivity contribution in [3.05, 3.63) is 65.2 Å². The van der Waals surface area contributed by atoms with E-state index in [1.54, 1.807) is 42.5 Å². The highest BCUT2D eigenvalue weighted by molar-refractivity contribution is 7.91. The minimum atomic E-state index is -3.28. The van der Waals surface area contributed by atoms with Gasteiger partial charge in [-0.25, -0.2) is 8.42 Å². The molecule has 0 radical (unpaired) electrons. The zero-order valence-electron chi connectivity index (χ0n) is 12.2. The molecule has 0 spiro atoms. The molecular formula is C17H14N2O3S. The Morgan fingerprint density at radius 2 is 1.96 bits per heavy atom. The van der Waals surface area contributed by atoms with E-state index in [1.165, 1.54) is 6.07 Å². The van der Waals surface area contributed by atoms with E-state index in [-0.39, 0.29) is 22.6 Å². The van der Waals surface area contributed by atoms with Crippen molar-refractivity contribution in [2.45, 2.75) is 17.4 Å². The minimum Gasteiger partial charge on any atom is -0.345 e. The van der Waals surface area contributed by atoms with Gasteiger partial charge in [0.05, 0.1) is 28.3 Å². The summed E-state index contributed by atoms with van der Waals surface area (Å²) in [6.07, 6.45) is 0.336. The topological polar surface area (TPSA) is 87.0 Å². The van der Waals surface area contributed by atoms with Gasteiger partial charge in [0.25, 0.3) is 5.91 Å². The largest absolute Gasteiger partial charge is 0.345 e. The molecule has 0 saturated carbocycles. The molecule has 0 aliphatic carbocycles. The molecule has 1 aliphatic rings. The van der Waals surface area contributed by atoms with Crippen LogP contribution in [0.2, 0.25) is 0 Å². The van der Waals surface area contributed by atoms with Crippen LogP contribution in [-0.4, -0.2) is 20.1 Å². The first-order valence-electron chi connectivity index (χ1n) is 7.14. The molecule has 1 N–H and O–H groups in total. The average Bonchev–Trinajstić information content (AvgIpc) is 2.57. The number of nitrogens with zero attached hydrogens (tertiary/aromatic N) is 1. The van der Waals surface area contributed by atoms with Gasteiger partial charge in [-0.3, -0.25) is 4.79 Å². The van der Waals surface area contributed by atoms with Crippen LogP contribution in [0.5, 0.6) is 0 Å². The van der Waals surface area contributed by atoms with Crippen LogP contribution in [0, 0.1) is 11.3 Å². The van der Waals surface area contributed by atoms with Crippen molar-refractivity contribution in [1.82, 2.24) is 5.32 Å². The molecule has 1 unspecified atom stereocenters. The molecule has 3 rings (SSSR count). The van der Waals surface area contributed by atoms with Gasteiger partial charge in [0.1, 0.15) is 0 Å². The van der Waals surface area contributed by atoms with E-state index in [1.807, 2.05) is 6.07 Å². The van der Waals surface area contributed by atoms with Crippen LogP contribution in [0.1, 0.15) is 33.9 Å². The average molecular weight is 326 g/mol. The highest BCUT2D eigenvalue weighted by atomic mass is 32.2. The third-order valence-corrected chi connectivity index (χ3v) is 5.68. The highest BCUT2D eigenvalue weighted by Crippen LogP contribution is 2.32. The van der Waals surface area contributed by atoms with E-state index in [4.69, 9.17) is 5.26 Å². The number of amides is 1. The number of nitriles is 1. The number of nitrogens with one attached hydrogen (secondary N) is 1. The summed E-state index contributed by atoms with van der Waals surface area (Å²) in [6, 6.07) is 14.8. The monoisotopic (exact) mass is 326 g/mol. The molecule has 0 saturated heterocycles. The third kappa shape index (κ3) is 2.96. The van der Waals surface area contributed by atoms with Crippen LogP contribution in [0.4, 0.5) is 0 Å². The summed E-state index contributed by atoms with van der Waals surface area (Å²) in [7, 11) is -3.28. The fourth-order valence-electron chi connectivity index (χ4n) is 2.71. The van der Waals surface area contributed by atoms with Gasteiger partial charge in [-0.15, -0.1) is 0 Å². The number of sulfone groups is 1. The first-order valence-corrected chi connectivity index (χ1v) is 8.79. The standard InChI is InChI=1S/C17H14N2O3S/c18-11-12-4-3-5-13(10-12)17(20)19-15-8-9-23(21,22)16-7-2-1-6-14(15)16/h1-7,10,15H,8-9H2,(H,19,20). The summed E-state index contributed by atoms with van der Waals surface area (Å²) >= 11 is 0. The summed E-state index contributed by atoms with van der Waals surface area (Å²) in [5.74, 6) is -0.311. The van der Waals surface area contributed by atoms with Crippen LogP contribution >= 0.6 is 0 Å². The number of hydrogen-bond donors (Lipinski definition) is 1. The summed E-state index contributed by atoms with van der Waals surface area (Å²) in [6.45, 7) is 0. The van der Waals surface area contributed by atoms with Gasteiger partial charge in [-0.2, -0.15) is 5.26 Å². The predicted octanol–water partition coefficient (Wildman–Crippen LogP) is 2.21. The fourth-order valence-corrected chi connectivity index (χ4v) is 4.33.